The van der Waals surface area contributed by atoms with Crippen LogP contribution in [0.1, 0.15) is 32.1 Å². The van der Waals surface area contributed by atoms with Crippen molar-refractivity contribution in [3.63, 3.8) is 0 Å². The maximum Gasteiger partial charge on any atom is 0.000978 e. The Morgan fingerprint density at radius 1 is 1.07 bits per heavy atom. The van der Waals surface area contributed by atoms with Crippen LogP contribution in [0.25, 0.3) is 0 Å². The Labute approximate surface area is 88.1 Å². The zero-order valence-electron chi connectivity index (χ0n) is 9.47. The van der Waals surface area contributed by atoms with Gasteiger partial charge in [0.25, 0.3) is 0 Å². The second-order valence-electron chi connectivity index (χ2n) is 5.10. The van der Waals surface area contributed by atoms with Gasteiger partial charge in [-0.1, -0.05) is 0 Å². The zero-order chi connectivity index (χ0) is 9.80. The van der Waals surface area contributed by atoms with Crippen molar-refractivity contribution in [3.8, 4) is 0 Å². The van der Waals surface area contributed by atoms with Crippen LogP contribution in [0.3, 0.4) is 0 Å². The first-order chi connectivity index (χ1) is 6.88. The van der Waals surface area contributed by atoms with Gasteiger partial charge < -0.3 is 10.2 Å². The van der Waals surface area contributed by atoms with Crippen molar-refractivity contribution in [3.05, 3.63) is 0 Å². The van der Waals surface area contributed by atoms with Crippen molar-refractivity contribution >= 4 is 0 Å². The Kier molecular flexibility index (Phi) is 3.82. The molecule has 14 heavy (non-hydrogen) atoms. The average Bonchev–Trinajstić information content (AvgIpc) is 2.99. The molecule has 2 aliphatic carbocycles. The van der Waals surface area contributed by atoms with Gasteiger partial charge in [-0.3, -0.25) is 0 Å². The van der Waals surface area contributed by atoms with Crippen molar-refractivity contribution in [2.75, 3.05) is 33.2 Å². The van der Waals surface area contributed by atoms with E-state index in [9.17, 15) is 0 Å². The van der Waals surface area contributed by atoms with Crippen molar-refractivity contribution in [1.82, 2.24) is 10.2 Å². The summed E-state index contributed by atoms with van der Waals surface area (Å²) < 4.78 is 0. The fourth-order valence-corrected chi connectivity index (χ4v) is 2.07. The molecule has 2 fully saturated rings. The molecule has 2 heteroatoms. The third kappa shape index (κ3) is 3.97. The maximum absolute atomic E-state index is 3.23. The fourth-order valence-electron chi connectivity index (χ4n) is 2.07. The summed E-state index contributed by atoms with van der Waals surface area (Å²) >= 11 is 0. The van der Waals surface area contributed by atoms with Gasteiger partial charge in [0.05, 0.1) is 0 Å². The van der Waals surface area contributed by atoms with Crippen LogP contribution in [0, 0.1) is 11.8 Å². The van der Waals surface area contributed by atoms with E-state index in [1.807, 2.05) is 7.05 Å². The zero-order valence-corrected chi connectivity index (χ0v) is 9.47. The van der Waals surface area contributed by atoms with Crippen LogP contribution in [0.5, 0.6) is 0 Å². The average molecular weight is 196 g/mol. The minimum Gasteiger partial charge on any atom is -0.320 e. The molecule has 0 aliphatic heterocycles. The lowest BCUT2D eigenvalue weighted by atomic mass is 10.3. The van der Waals surface area contributed by atoms with E-state index in [1.54, 1.807) is 0 Å². The van der Waals surface area contributed by atoms with Crippen LogP contribution in [-0.4, -0.2) is 38.1 Å². The predicted octanol–water partition coefficient (Wildman–Crippen LogP) is 1.72. The number of hydrogen-bond acceptors (Lipinski definition) is 2. The largest absolute Gasteiger partial charge is 0.320 e. The summed E-state index contributed by atoms with van der Waals surface area (Å²) in [5, 5.41) is 3.23. The second kappa shape index (κ2) is 5.13. The van der Waals surface area contributed by atoms with E-state index >= 15 is 0 Å². The molecule has 0 atom stereocenters. The molecule has 1 N–H and O–H groups in total. The van der Waals surface area contributed by atoms with Crippen LogP contribution in [-0.2, 0) is 0 Å². The molecule has 0 amide bonds. The van der Waals surface area contributed by atoms with Crippen LogP contribution in [0.15, 0.2) is 0 Å². The van der Waals surface area contributed by atoms with Crippen molar-refractivity contribution < 1.29 is 0 Å². The second-order valence-corrected chi connectivity index (χ2v) is 5.10. The topological polar surface area (TPSA) is 15.3 Å². The lowest BCUT2D eigenvalue weighted by Gasteiger charge is -2.21. The third-order valence-corrected chi connectivity index (χ3v) is 3.33. The summed E-state index contributed by atoms with van der Waals surface area (Å²) in [5.74, 6) is 2.12. The minimum atomic E-state index is 1.06. The van der Waals surface area contributed by atoms with Gasteiger partial charge in [-0.05, 0) is 64.1 Å². The van der Waals surface area contributed by atoms with Gasteiger partial charge in [0.1, 0.15) is 0 Å². The number of nitrogens with zero attached hydrogens (tertiary/aromatic N) is 1. The van der Waals surface area contributed by atoms with Gasteiger partial charge in [-0.15, -0.1) is 0 Å². The molecule has 0 aromatic rings. The lowest BCUT2D eigenvalue weighted by molar-refractivity contribution is 0.249. The highest BCUT2D eigenvalue weighted by atomic mass is 15.1. The van der Waals surface area contributed by atoms with Crippen molar-refractivity contribution in [1.29, 1.82) is 0 Å². The first kappa shape index (κ1) is 10.4. The first-order valence-corrected chi connectivity index (χ1v) is 6.25. The van der Waals surface area contributed by atoms with Crippen LogP contribution >= 0.6 is 0 Å². The Morgan fingerprint density at radius 3 is 2.07 bits per heavy atom. The van der Waals surface area contributed by atoms with Gasteiger partial charge in [-0.25, -0.2) is 0 Å². The van der Waals surface area contributed by atoms with Gasteiger partial charge >= 0.3 is 0 Å². The summed E-state index contributed by atoms with van der Waals surface area (Å²) in [6.07, 6.45) is 7.29. The molecule has 0 spiro atoms. The molecule has 0 saturated heterocycles. The predicted molar refractivity (Wildman–Crippen MR) is 60.4 cm³/mol. The van der Waals surface area contributed by atoms with E-state index in [0.717, 1.165) is 11.8 Å². The Balaban J connectivity index is 1.61. The molecule has 0 unspecified atom stereocenters. The number of nitrogens with one attached hydrogen (secondary N) is 1. The molecule has 2 aliphatic rings. The molecule has 0 aromatic carbocycles. The van der Waals surface area contributed by atoms with E-state index in [2.05, 4.69) is 10.2 Å². The van der Waals surface area contributed by atoms with Crippen LogP contribution in [0.2, 0.25) is 0 Å². The normalized spacial score (nSPS) is 21.9. The van der Waals surface area contributed by atoms with Crippen molar-refractivity contribution in [2.45, 2.75) is 32.1 Å². The SMILES string of the molecule is CNCCCN(CC1CC1)CC1CC1. The molecule has 0 bridgehead atoms. The summed E-state index contributed by atoms with van der Waals surface area (Å²) in [6, 6.07) is 0. The van der Waals surface area contributed by atoms with E-state index in [1.165, 1.54) is 58.3 Å². The molecule has 82 valence electrons. The molecule has 2 nitrogen and oxygen atoms in total. The van der Waals surface area contributed by atoms with Gasteiger partial charge in [0.2, 0.25) is 0 Å². The molecule has 2 saturated carbocycles. The summed E-state index contributed by atoms with van der Waals surface area (Å²) in [7, 11) is 2.05. The summed E-state index contributed by atoms with van der Waals surface area (Å²) in [6.45, 7) is 5.26. The van der Waals surface area contributed by atoms with Gasteiger partial charge in [-0.2, -0.15) is 0 Å². The Bertz CT molecular complexity index is 148. The highest BCUT2D eigenvalue weighted by Gasteiger charge is 2.28. The van der Waals surface area contributed by atoms with E-state index in [0.29, 0.717) is 0 Å². The third-order valence-electron chi connectivity index (χ3n) is 3.33. The van der Waals surface area contributed by atoms with E-state index < -0.39 is 0 Å². The Morgan fingerprint density at radius 2 is 1.64 bits per heavy atom. The first-order valence-electron chi connectivity index (χ1n) is 6.25. The monoisotopic (exact) mass is 196 g/mol. The molecular formula is C12H24N2. The molecule has 0 aromatic heterocycles. The molecule has 0 radical (unpaired) electrons. The molecule has 0 heterocycles. The van der Waals surface area contributed by atoms with E-state index in [-0.39, 0.29) is 0 Å². The highest BCUT2D eigenvalue weighted by molar-refractivity contribution is 4.82. The van der Waals surface area contributed by atoms with Crippen LogP contribution in [0.4, 0.5) is 0 Å². The standard InChI is InChI=1S/C12H24N2/c1-13-7-2-8-14(9-11-3-4-11)10-12-5-6-12/h11-13H,2-10H2,1H3. The quantitative estimate of drug-likeness (QED) is 0.595. The minimum absolute atomic E-state index is 1.06. The van der Waals surface area contributed by atoms with Crippen molar-refractivity contribution in [2.24, 2.45) is 11.8 Å². The maximum atomic E-state index is 3.23. The summed E-state index contributed by atoms with van der Waals surface area (Å²) in [4.78, 5) is 2.71. The summed E-state index contributed by atoms with van der Waals surface area (Å²) in [5.41, 5.74) is 0. The lowest BCUT2D eigenvalue weighted by Crippen LogP contribution is -2.30. The van der Waals surface area contributed by atoms with Gasteiger partial charge in [0, 0.05) is 13.1 Å². The molecular weight excluding hydrogens is 172 g/mol. The van der Waals surface area contributed by atoms with Gasteiger partial charge in [0.15, 0.2) is 0 Å². The molecule has 2 rings (SSSR count). The number of rotatable bonds is 8. The van der Waals surface area contributed by atoms with E-state index in [4.69, 9.17) is 0 Å². The number of hydrogen-bond donors (Lipinski definition) is 1. The Hall–Kier alpha value is -0.0800. The van der Waals surface area contributed by atoms with Crippen LogP contribution < -0.4 is 5.32 Å². The fraction of sp³-hybridized carbons (Fsp3) is 1.00. The highest BCUT2D eigenvalue weighted by Crippen LogP contribution is 2.33. The smallest absolute Gasteiger partial charge is 0.000978 e.